The first-order valence-electron chi connectivity index (χ1n) is 9.77. The van der Waals surface area contributed by atoms with Gasteiger partial charge in [0, 0.05) is 19.1 Å². The highest BCUT2D eigenvalue weighted by molar-refractivity contribution is 5.98. The smallest absolute Gasteiger partial charge is 0.417 e. The molecule has 7 nitrogen and oxygen atoms in total. The number of imide groups is 1. The van der Waals surface area contributed by atoms with Gasteiger partial charge in [-0.2, -0.15) is 0 Å². The van der Waals surface area contributed by atoms with E-state index in [9.17, 15) is 14.4 Å². The molecule has 7 heteroatoms. The van der Waals surface area contributed by atoms with Crippen LogP contribution in [-0.4, -0.2) is 53.6 Å². The molecule has 2 saturated heterocycles. The Morgan fingerprint density at radius 1 is 0.931 bits per heavy atom. The van der Waals surface area contributed by atoms with Gasteiger partial charge in [-0.05, 0) is 24.0 Å². The van der Waals surface area contributed by atoms with Crippen LogP contribution in [0.5, 0.6) is 0 Å². The Morgan fingerprint density at radius 3 is 1.97 bits per heavy atom. The summed E-state index contributed by atoms with van der Waals surface area (Å²) in [4.78, 5) is 39.5. The molecule has 0 bridgehead atoms. The number of hydrogen-bond donors (Lipinski definition) is 1. The minimum atomic E-state index is -0.578. The number of benzene rings is 2. The zero-order chi connectivity index (χ0) is 20.2. The number of ether oxygens (including phenoxy) is 1. The third-order valence-corrected chi connectivity index (χ3v) is 5.43. The normalized spacial score (nSPS) is 17.6. The molecule has 0 spiro atoms. The molecule has 2 aromatic rings. The Balaban J connectivity index is 1.42. The minimum absolute atomic E-state index is 0.156. The Bertz CT molecular complexity index is 824. The van der Waals surface area contributed by atoms with E-state index in [1.54, 1.807) is 4.90 Å². The molecule has 2 heterocycles. The molecule has 2 fully saturated rings. The van der Waals surface area contributed by atoms with E-state index in [0.29, 0.717) is 25.9 Å². The van der Waals surface area contributed by atoms with Crippen molar-refractivity contribution in [1.82, 2.24) is 15.1 Å². The van der Waals surface area contributed by atoms with E-state index in [0.717, 1.165) is 11.1 Å². The van der Waals surface area contributed by atoms with E-state index < -0.39 is 6.09 Å². The van der Waals surface area contributed by atoms with Gasteiger partial charge in [-0.1, -0.05) is 60.7 Å². The maximum Gasteiger partial charge on any atom is 0.417 e. The number of hydrogen-bond acceptors (Lipinski definition) is 4. The lowest BCUT2D eigenvalue weighted by Crippen LogP contribution is -2.51. The highest BCUT2D eigenvalue weighted by atomic mass is 16.6. The largest absolute Gasteiger partial charge is 0.439 e. The highest BCUT2D eigenvalue weighted by Crippen LogP contribution is 2.24. The van der Waals surface area contributed by atoms with Gasteiger partial charge in [0.05, 0.1) is 6.04 Å². The molecule has 2 aliphatic heterocycles. The molecule has 4 rings (SSSR count). The van der Waals surface area contributed by atoms with E-state index in [-0.39, 0.29) is 30.6 Å². The van der Waals surface area contributed by atoms with Crippen molar-refractivity contribution in [2.75, 3.05) is 19.7 Å². The zero-order valence-electron chi connectivity index (χ0n) is 16.0. The van der Waals surface area contributed by atoms with Crippen molar-refractivity contribution < 1.29 is 19.1 Å². The van der Waals surface area contributed by atoms with Crippen LogP contribution < -0.4 is 5.32 Å². The molecule has 150 valence electrons. The van der Waals surface area contributed by atoms with Gasteiger partial charge in [0.2, 0.25) is 0 Å². The van der Waals surface area contributed by atoms with Gasteiger partial charge in [0.25, 0.3) is 5.91 Å². The summed E-state index contributed by atoms with van der Waals surface area (Å²) in [7, 11) is 0. The number of nitrogens with one attached hydrogen (secondary N) is 1. The quantitative estimate of drug-likeness (QED) is 0.866. The predicted octanol–water partition coefficient (Wildman–Crippen LogP) is 2.93. The third kappa shape index (κ3) is 4.08. The van der Waals surface area contributed by atoms with Crippen molar-refractivity contribution in [2.24, 2.45) is 0 Å². The number of cyclic esters (lactones) is 1. The summed E-state index contributed by atoms with van der Waals surface area (Å²) < 4.78 is 4.80. The Labute approximate surface area is 169 Å². The lowest BCUT2D eigenvalue weighted by Gasteiger charge is -2.35. The average molecular weight is 393 g/mol. The molecule has 1 N–H and O–H groups in total. The van der Waals surface area contributed by atoms with Crippen molar-refractivity contribution in [2.45, 2.75) is 24.9 Å². The SMILES string of the molecule is O=C(NC(c1ccccc1)c1ccccc1)N1CCC(N2C(=O)COC2=O)CC1. The fraction of sp³-hybridized carbons (Fsp3) is 0.318. The number of likely N-dealkylation sites (tertiary alicyclic amines) is 1. The van der Waals surface area contributed by atoms with Gasteiger partial charge in [-0.3, -0.25) is 4.79 Å². The monoisotopic (exact) mass is 393 g/mol. The molecular weight excluding hydrogens is 370 g/mol. The second-order valence-electron chi connectivity index (χ2n) is 7.24. The number of amides is 4. The molecule has 0 aliphatic carbocycles. The van der Waals surface area contributed by atoms with Crippen molar-refractivity contribution in [3.63, 3.8) is 0 Å². The van der Waals surface area contributed by atoms with Crippen molar-refractivity contribution in [3.05, 3.63) is 71.8 Å². The first-order valence-corrected chi connectivity index (χ1v) is 9.77. The maximum absolute atomic E-state index is 13.0. The van der Waals surface area contributed by atoms with Gasteiger partial charge in [-0.25, -0.2) is 14.5 Å². The van der Waals surface area contributed by atoms with E-state index in [1.165, 1.54) is 4.90 Å². The molecule has 0 saturated carbocycles. The molecule has 0 atom stereocenters. The number of carbonyl (C=O) groups is 3. The third-order valence-electron chi connectivity index (χ3n) is 5.43. The second kappa shape index (κ2) is 8.34. The van der Waals surface area contributed by atoms with Crippen molar-refractivity contribution in [1.29, 1.82) is 0 Å². The van der Waals surface area contributed by atoms with Crippen molar-refractivity contribution in [3.8, 4) is 0 Å². The topological polar surface area (TPSA) is 79.0 Å². The van der Waals surface area contributed by atoms with Crippen LogP contribution in [0.3, 0.4) is 0 Å². The zero-order valence-corrected chi connectivity index (χ0v) is 16.0. The van der Waals surface area contributed by atoms with Crippen LogP contribution in [0.1, 0.15) is 30.0 Å². The summed E-state index contributed by atoms with van der Waals surface area (Å²) in [5.41, 5.74) is 2.01. The summed E-state index contributed by atoms with van der Waals surface area (Å²) in [6.07, 6.45) is 0.525. The van der Waals surface area contributed by atoms with E-state index in [1.807, 2.05) is 60.7 Å². The molecule has 29 heavy (non-hydrogen) atoms. The average Bonchev–Trinajstić information content (AvgIpc) is 3.11. The molecule has 2 aromatic carbocycles. The summed E-state index contributed by atoms with van der Waals surface area (Å²) in [6, 6.07) is 19.1. The lowest BCUT2D eigenvalue weighted by atomic mass is 9.98. The number of carbonyl (C=O) groups excluding carboxylic acids is 3. The molecule has 0 unspecified atom stereocenters. The van der Waals surface area contributed by atoms with Crippen LogP contribution in [-0.2, 0) is 9.53 Å². The van der Waals surface area contributed by atoms with Crippen molar-refractivity contribution >= 4 is 18.0 Å². The lowest BCUT2D eigenvalue weighted by molar-refractivity contribution is -0.127. The number of urea groups is 1. The minimum Gasteiger partial charge on any atom is -0.439 e. The second-order valence-corrected chi connectivity index (χ2v) is 7.24. The van der Waals surface area contributed by atoms with Crippen LogP contribution in [0, 0.1) is 0 Å². The van der Waals surface area contributed by atoms with E-state index in [2.05, 4.69) is 5.32 Å². The number of piperidine rings is 1. The van der Waals surface area contributed by atoms with Crippen LogP contribution in [0.2, 0.25) is 0 Å². The van der Waals surface area contributed by atoms with Crippen LogP contribution in [0.4, 0.5) is 9.59 Å². The Kier molecular flexibility index (Phi) is 5.46. The van der Waals surface area contributed by atoms with Gasteiger partial charge >= 0.3 is 12.1 Å². The highest BCUT2D eigenvalue weighted by Gasteiger charge is 2.39. The van der Waals surface area contributed by atoms with Crippen LogP contribution in [0.15, 0.2) is 60.7 Å². The molecule has 2 aliphatic rings. The van der Waals surface area contributed by atoms with Gasteiger partial charge in [-0.15, -0.1) is 0 Å². The Morgan fingerprint density at radius 2 is 1.48 bits per heavy atom. The summed E-state index contributed by atoms with van der Waals surface area (Å²) in [5, 5.41) is 3.14. The molecular formula is C22H23N3O4. The Hall–Kier alpha value is -3.35. The summed E-state index contributed by atoms with van der Waals surface area (Å²) >= 11 is 0. The molecule has 0 aromatic heterocycles. The van der Waals surface area contributed by atoms with Crippen LogP contribution >= 0.6 is 0 Å². The fourth-order valence-corrected chi connectivity index (χ4v) is 3.91. The number of nitrogens with zero attached hydrogens (tertiary/aromatic N) is 2. The molecule has 0 radical (unpaired) electrons. The number of rotatable bonds is 4. The first kappa shape index (κ1) is 19.0. The summed E-state index contributed by atoms with van der Waals surface area (Å²) in [6.45, 7) is 0.767. The standard InChI is InChI=1S/C22H23N3O4/c26-19-15-29-22(28)25(19)18-11-13-24(14-12-18)21(27)23-20(16-7-3-1-4-8-16)17-9-5-2-6-10-17/h1-10,18,20H,11-15H2,(H,23,27). The predicted molar refractivity (Wildman–Crippen MR) is 106 cm³/mol. The van der Waals surface area contributed by atoms with E-state index >= 15 is 0 Å². The van der Waals surface area contributed by atoms with E-state index in [4.69, 9.17) is 4.74 Å². The summed E-state index contributed by atoms with van der Waals surface area (Å²) in [5.74, 6) is -0.300. The van der Waals surface area contributed by atoms with Gasteiger partial charge in [0.15, 0.2) is 6.61 Å². The first-order chi connectivity index (χ1) is 14.1. The fourth-order valence-electron chi connectivity index (χ4n) is 3.91. The van der Waals surface area contributed by atoms with Crippen LogP contribution in [0.25, 0.3) is 0 Å². The maximum atomic E-state index is 13.0. The van der Waals surface area contributed by atoms with Gasteiger partial charge in [0.1, 0.15) is 0 Å². The molecule has 4 amide bonds. The van der Waals surface area contributed by atoms with Gasteiger partial charge < -0.3 is 15.0 Å².